The van der Waals surface area contributed by atoms with E-state index in [-0.39, 0.29) is 11.7 Å². The molecule has 1 aliphatic rings. The van der Waals surface area contributed by atoms with Crippen LogP contribution in [0.5, 0.6) is 0 Å². The fourth-order valence-electron chi connectivity index (χ4n) is 3.72. The van der Waals surface area contributed by atoms with Crippen LogP contribution in [0.15, 0.2) is 42.7 Å². The van der Waals surface area contributed by atoms with Gasteiger partial charge in [-0.25, -0.2) is 13.8 Å². The van der Waals surface area contributed by atoms with Crippen molar-refractivity contribution in [3.63, 3.8) is 0 Å². The maximum Gasteiger partial charge on any atom is 0.322 e. The summed E-state index contributed by atoms with van der Waals surface area (Å²) in [4.78, 5) is 29.1. The molecule has 3 aromatic rings. The second kappa shape index (κ2) is 7.50. The molecule has 1 aromatic carbocycles. The fraction of sp³-hybridized carbons (Fsp3) is 0.250. The fourth-order valence-corrected chi connectivity index (χ4v) is 3.72. The zero-order valence-electron chi connectivity index (χ0n) is 15.3. The van der Waals surface area contributed by atoms with Gasteiger partial charge in [-0.2, -0.15) is 0 Å². The molecule has 1 atom stereocenters. The van der Waals surface area contributed by atoms with E-state index in [2.05, 4.69) is 10.3 Å². The van der Waals surface area contributed by atoms with Gasteiger partial charge in [0.05, 0.1) is 17.9 Å². The molecule has 1 aliphatic heterocycles. The lowest BCUT2D eigenvalue weighted by Gasteiger charge is -2.27. The monoisotopic (exact) mass is 400 g/mol. The Morgan fingerprint density at radius 2 is 2.07 bits per heavy atom. The SMILES string of the molecule is O=C(O)CNC(=O)c1cnc2ccc(N3CCC[C@@H]3c3cc(F)ccc3F)cn12. The van der Waals surface area contributed by atoms with Gasteiger partial charge in [0.2, 0.25) is 0 Å². The Hall–Kier alpha value is -3.49. The van der Waals surface area contributed by atoms with Crippen molar-refractivity contribution in [2.45, 2.75) is 18.9 Å². The third-order valence-corrected chi connectivity index (χ3v) is 5.02. The lowest BCUT2D eigenvalue weighted by molar-refractivity contribution is -0.135. The van der Waals surface area contributed by atoms with Gasteiger partial charge in [-0.05, 0) is 43.2 Å². The summed E-state index contributed by atoms with van der Waals surface area (Å²) in [7, 11) is 0. The van der Waals surface area contributed by atoms with Gasteiger partial charge in [0.25, 0.3) is 5.91 Å². The van der Waals surface area contributed by atoms with Crippen molar-refractivity contribution in [1.82, 2.24) is 14.7 Å². The molecule has 1 fully saturated rings. The number of carboxylic acids is 1. The molecule has 9 heteroatoms. The number of rotatable bonds is 5. The van der Waals surface area contributed by atoms with Gasteiger partial charge in [0.15, 0.2) is 0 Å². The maximum atomic E-state index is 14.3. The van der Waals surface area contributed by atoms with E-state index in [0.717, 1.165) is 24.2 Å². The Balaban J connectivity index is 1.68. The number of fused-ring (bicyclic) bond motifs is 1. The zero-order valence-corrected chi connectivity index (χ0v) is 15.3. The molecular weight excluding hydrogens is 382 g/mol. The van der Waals surface area contributed by atoms with E-state index in [0.29, 0.717) is 24.2 Å². The van der Waals surface area contributed by atoms with E-state index in [1.54, 1.807) is 16.7 Å². The summed E-state index contributed by atoms with van der Waals surface area (Å²) in [6.07, 6.45) is 4.56. The average molecular weight is 400 g/mol. The molecule has 0 spiro atoms. The van der Waals surface area contributed by atoms with Gasteiger partial charge in [-0.3, -0.25) is 14.0 Å². The normalized spacial score (nSPS) is 16.3. The predicted octanol–water partition coefficient (Wildman–Crippen LogP) is 2.77. The van der Waals surface area contributed by atoms with Gasteiger partial charge in [-0.1, -0.05) is 0 Å². The molecule has 0 aliphatic carbocycles. The highest BCUT2D eigenvalue weighted by Crippen LogP contribution is 2.37. The van der Waals surface area contributed by atoms with E-state index in [9.17, 15) is 18.4 Å². The van der Waals surface area contributed by atoms with E-state index < -0.39 is 30.1 Å². The van der Waals surface area contributed by atoms with Gasteiger partial charge in [0.1, 0.15) is 29.5 Å². The van der Waals surface area contributed by atoms with Gasteiger partial charge < -0.3 is 15.3 Å². The first-order valence-electron chi connectivity index (χ1n) is 9.13. The van der Waals surface area contributed by atoms with Gasteiger partial charge in [-0.15, -0.1) is 0 Å². The van der Waals surface area contributed by atoms with Crippen LogP contribution in [0.1, 0.15) is 34.9 Å². The molecule has 2 aromatic heterocycles. The molecule has 0 bridgehead atoms. The Morgan fingerprint density at radius 3 is 2.86 bits per heavy atom. The number of benzene rings is 1. The van der Waals surface area contributed by atoms with Crippen molar-refractivity contribution < 1.29 is 23.5 Å². The number of nitrogens with one attached hydrogen (secondary N) is 1. The number of anilines is 1. The number of nitrogens with zero attached hydrogens (tertiary/aromatic N) is 3. The van der Waals surface area contributed by atoms with Gasteiger partial charge in [0, 0.05) is 18.3 Å². The summed E-state index contributed by atoms with van der Waals surface area (Å²) >= 11 is 0. The summed E-state index contributed by atoms with van der Waals surface area (Å²) in [5.74, 6) is -2.66. The molecule has 0 unspecified atom stereocenters. The third-order valence-electron chi connectivity index (χ3n) is 5.02. The number of halogens is 2. The van der Waals surface area contributed by atoms with Crippen molar-refractivity contribution in [3.05, 3.63) is 65.6 Å². The number of carboxylic acid groups (broad SMARTS) is 1. The average Bonchev–Trinajstić information content (AvgIpc) is 3.34. The topological polar surface area (TPSA) is 86.9 Å². The van der Waals surface area contributed by atoms with E-state index in [1.807, 2.05) is 11.0 Å². The van der Waals surface area contributed by atoms with Crippen molar-refractivity contribution in [2.75, 3.05) is 18.0 Å². The minimum absolute atomic E-state index is 0.191. The number of pyridine rings is 1. The summed E-state index contributed by atoms with van der Waals surface area (Å²) in [5.41, 5.74) is 1.74. The first-order chi connectivity index (χ1) is 13.9. The molecule has 3 heterocycles. The van der Waals surface area contributed by atoms with Crippen LogP contribution < -0.4 is 10.2 Å². The zero-order chi connectivity index (χ0) is 20.5. The van der Waals surface area contributed by atoms with Crippen LogP contribution in [0.25, 0.3) is 5.65 Å². The second-order valence-electron chi connectivity index (χ2n) is 6.85. The van der Waals surface area contributed by atoms with Crippen LogP contribution in [-0.4, -0.2) is 39.5 Å². The molecule has 0 radical (unpaired) electrons. The number of hydrogen-bond acceptors (Lipinski definition) is 4. The summed E-state index contributed by atoms with van der Waals surface area (Å²) in [6.45, 7) is 0.153. The van der Waals surface area contributed by atoms with Gasteiger partial charge >= 0.3 is 5.97 Å². The number of carbonyl (C=O) groups excluding carboxylic acids is 1. The lowest BCUT2D eigenvalue weighted by Crippen LogP contribution is -2.30. The van der Waals surface area contributed by atoms with Crippen molar-refractivity contribution in [2.24, 2.45) is 0 Å². The summed E-state index contributed by atoms with van der Waals surface area (Å²) in [6, 6.07) is 6.66. The number of aromatic nitrogens is 2. The Bertz CT molecular complexity index is 1100. The molecule has 0 saturated carbocycles. The highest BCUT2D eigenvalue weighted by atomic mass is 19.1. The van der Waals surface area contributed by atoms with Crippen molar-refractivity contribution in [3.8, 4) is 0 Å². The highest BCUT2D eigenvalue weighted by Gasteiger charge is 2.29. The number of hydrogen-bond donors (Lipinski definition) is 2. The number of carbonyl (C=O) groups is 2. The summed E-state index contributed by atoms with van der Waals surface area (Å²) in [5, 5.41) is 11.0. The Morgan fingerprint density at radius 1 is 1.24 bits per heavy atom. The first-order valence-corrected chi connectivity index (χ1v) is 9.13. The van der Waals surface area contributed by atoms with E-state index in [4.69, 9.17) is 5.11 Å². The van der Waals surface area contributed by atoms with Crippen molar-refractivity contribution >= 4 is 23.2 Å². The standard InChI is InChI=1S/C20H18F2N4O3/c21-12-3-5-15(22)14(8-12)16-2-1-7-25(16)13-4-6-18-23-9-17(26(18)11-13)20(29)24-10-19(27)28/h3-6,8-9,11,16H,1-2,7,10H2,(H,24,29)(H,27,28)/t16-/m1/s1. The minimum atomic E-state index is -1.15. The van der Waals surface area contributed by atoms with Crippen LogP contribution in [-0.2, 0) is 4.79 Å². The maximum absolute atomic E-state index is 14.3. The smallest absolute Gasteiger partial charge is 0.322 e. The predicted molar refractivity (Wildman–Crippen MR) is 101 cm³/mol. The molecule has 2 N–H and O–H groups in total. The Kier molecular flexibility index (Phi) is 4.87. The molecule has 29 heavy (non-hydrogen) atoms. The Labute approximate surface area is 164 Å². The minimum Gasteiger partial charge on any atom is -0.480 e. The van der Waals surface area contributed by atoms with E-state index in [1.165, 1.54) is 12.3 Å². The first kappa shape index (κ1) is 18.9. The molecule has 150 valence electrons. The lowest BCUT2D eigenvalue weighted by atomic mass is 10.0. The highest BCUT2D eigenvalue weighted by molar-refractivity contribution is 5.95. The quantitative estimate of drug-likeness (QED) is 0.688. The molecule has 4 rings (SSSR count). The van der Waals surface area contributed by atoms with E-state index >= 15 is 0 Å². The second-order valence-corrected chi connectivity index (χ2v) is 6.85. The van der Waals surface area contributed by atoms with Crippen LogP contribution in [0.3, 0.4) is 0 Å². The largest absolute Gasteiger partial charge is 0.480 e. The summed E-state index contributed by atoms with van der Waals surface area (Å²) < 4.78 is 29.6. The van der Waals surface area contributed by atoms with Crippen LogP contribution in [0, 0.1) is 11.6 Å². The number of amides is 1. The molecule has 1 amide bonds. The van der Waals surface area contributed by atoms with Crippen LogP contribution in [0.4, 0.5) is 14.5 Å². The van der Waals surface area contributed by atoms with Crippen LogP contribution >= 0.6 is 0 Å². The molecular formula is C20H18F2N4O3. The molecule has 1 saturated heterocycles. The number of imidazole rings is 1. The van der Waals surface area contributed by atoms with Crippen molar-refractivity contribution in [1.29, 1.82) is 0 Å². The number of aliphatic carboxylic acids is 1. The third kappa shape index (κ3) is 3.63. The molecule has 7 nitrogen and oxygen atoms in total. The van der Waals surface area contributed by atoms with Crippen LogP contribution in [0.2, 0.25) is 0 Å².